The molecule has 1 fully saturated rings. The monoisotopic (exact) mass is 119 g/mol. The van der Waals surface area contributed by atoms with Crippen LogP contribution in [0.1, 0.15) is 20.7 Å². The van der Waals surface area contributed by atoms with E-state index >= 15 is 0 Å². The highest BCUT2D eigenvalue weighted by atomic mass is 15.1. The highest BCUT2D eigenvalue weighted by Crippen LogP contribution is 1.90. The number of hydrogen-bond acceptors (Lipinski definition) is 2. The van der Waals surface area contributed by atoms with Gasteiger partial charge in [0.15, 0.2) is 0 Å². The van der Waals surface area contributed by atoms with Gasteiger partial charge in [0.25, 0.3) is 0 Å². The number of rotatable bonds is 0. The normalized spacial score (nSPS) is 82.8. The van der Waals surface area contributed by atoms with Crippen molar-refractivity contribution in [3.05, 3.63) is 0 Å². The zero-order chi connectivity index (χ0) is 10.5. The van der Waals surface area contributed by atoms with Crippen molar-refractivity contribution in [3.8, 4) is 0 Å². The maximum absolute atomic E-state index is 7.62. The molecule has 1 saturated heterocycles. The molecule has 0 aromatic rings. The van der Waals surface area contributed by atoms with Crippen molar-refractivity contribution in [1.82, 2.24) is 10.6 Å². The Balaban J connectivity index is 2.93. The maximum atomic E-state index is 7.62. The lowest BCUT2D eigenvalue weighted by atomic mass is 10.2. The molecule has 0 aliphatic carbocycles. The van der Waals surface area contributed by atoms with Gasteiger partial charge in [0.05, 0.1) is 0 Å². The van der Waals surface area contributed by atoms with Crippen LogP contribution in [-0.2, 0) is 0 Å². The van der Waals surface area contributed by atoms with E-state index in [-0.39, 0.29) is 0 Å². The summed E-state index contributed by atoms with van der Waals surface area (Å²) in [5.74, 6) is 0. The molecule has 0 saturated carbocycles. The second-order valence-corrected chi connectivity index (χ2v) is 1.85. The standard InChI is InChI=1S/C6H14N2/c1-5-3-7-4-6(2)8-5/h5-8H,3-4H2,1-2H3/i3D,4D2,5D,6D. The SMILES string of the molecule is [2H]C1NC([2H])([2H])C([2H])(C)NC1([2H])C. The second-order valence-electron chi connectivity index (χ2n) is 1.85. The van der Waals surface area contributed by atoms with Crippen molar-refractivity contribution >= 4 is 0 Å². The van der Waals surface area contributed by atoms with Gasteiger partial charge in [-0.15, -0.1) is 0 Å². The summed E-state index contributed by atoms with van der Waals surface area (Å²) >= 11 is 0. The third-order valence-corrected chi connectivity index (χ3v) is 0.933. The van der Waals surface area contributed by atoms with E-state index in [1.165, 1.54) is 13.8 Å². The van der Waals surface area contributed by atoms with Gasteiger partial charge in [-0.2, -0.15) is 0 Å². The van der Waals surface area contributed by atoms with E-state index in [4.69, 9.17) is 6.85 Å². The minimum Gasteiger partial charge on any atom is -0.314 e. The van der Waals surface area contributed by atoms with E-state index in [2.05, 4.69) is 10.6 Å². The zero-order valence-corrected chi connectivity index (χ0v) is 5.08. The maximum Gasteiger partial charge on any atom is 0.0475 e. The van der Waals surface area contributed by atoms with Gasteiger partial charge in [0, 0.05) is 31.9 Å². The van der Waals surface area contributed by atoms with Gasteiger partial charge >= 0.3 is 0 Å². The summed E-state index contributed by atoms with van der Waals surface area (Å²) < 4.78 is 37.5. The Labute approximate surface area is 57.7 Å². The Morgan fingerprint density at radius 2 is 2.38 bits per heavy atom. The largest absolute Gasteiger partial charge is 0.314 e. The Bertz CT molecular complexity index is 215. The van der Waals surface area contributed by atoms with Crippen LogP contribution in [0.25, 0.3) is 0 Å². The average Bonchev–Trinajstić information content (AvgIpc) is 1.80. The third-order valence-electron chi connectivity index (χ3n) is 0.933. The summed E-state index contributed by atoms with van der Waals surface area (Å²) in [5.41, 5.74) is 0. The molecule has 2 nitrogen and oxygen atoms in total. The van der Waals surface area contributed by atoms with Crippen molar-refractivity contribution in [3.63, 3.8) is 0 Å². The molecule has 1 aliphatic heterocycles. The molecular weight excluding hydrogens is 100 g/mol. The molecule has 0 bridgehead atoms. The van der Waals surface area contributed by atoms with Crippen LogP contribution in [0.5, 0.6) is 0 Å². The van der Waals surface area contributed by atoms with E-state index < -0.39 is 25.1 Å². The molecule has 0 spiro atoms. The molecule has 1 rings (SSSR count). The fourth-order valence-electron chi connectivity index (χ4n) is 0.616. The lowest BCUT2D eigenvalue weighted by molar-refractivity contribution is 0.370. The second kappa shape index (κ2) is 2.46. The first kappa shape index (κ1) is 2.27. The summed E-state index contributed by atoms with van der Waals surface area (Å²) in [5, 5.41) is 4.78. The van der Waals surface area contributed by atoms with Gasteiger partial charge in [-0.3, -0.25) is 0 Å². The molecule has 0 radical (unpaired) electrons. The van der Waals surface area contributed by atoms with Crippen LogP contribution in [0.2, 0.25) is 0 Å². The van der Waals surface area contributed by atoms with Crippen LogP contribution in [0.3, 0.4) is 0 Å². The average molecular weight is 119 g/mol. The molecule has 0 aromatic heterocycles. The highest BCUT2D eigenvalue weighted by Gasteiger charge is 2.11. The Morgan fingerprint density at radius 3 is 3.00 bits per heavy atom. The fourth-order valence-corrected chi connectivity index (χ4v) is 0.616. The molecule has 48 valence electrons. The minimum atomic E-state index is -2.00. The first-order chi connectivity index (χ1) is 5.58. The van der Waals surface area contributed by atoms with Crippen molar-refractivity contribution in [2.75, 3.05) is 13.0 Å². The van der Waals surface area contributed by atoms with Crippen LogP contribution in [0, 0.1) is 0 Å². The minimum absolute atomic E-state index is 1.08. The molecule has 2 N–H and O–H groups in total. The van der Waals surface area contributed by atoms with E-state index in [0.29, 0.717) is 0 Å². The molecule has 3 atom stereocenters. The summed E-state index contributed by atoms with van der Waals surface area (Å²) in [6.07, 6.45) is 0. The van der Waals surface area contributed by atoms with E-state index in [9.17, 15) is 0 Å². The summed E-state index contributed by atoms with van der Waals surface area (Å²) in [7, 11) is 0. The van der Waals surface area contributed by atoms with Gasteiger partial charge in [-0.1, -0.05) is 0 Å². The van der Waals surface area contributed by atoms with Crippen molar-refractivity contribution in [2.45, 2.75) is 25.9 Å². The Morgan fingerprint density at radius 1 is 1.62 bits per heavy atom. The summed E-state index contributed by atoms with van der Waals surface area (Å²) in [6, 6.07) is -2.94. The number of hydrogen-bond donors (Lipinski definition) is 2. The van der Waals surface area contributed by atoms with Gasteiger partial charge in [-0.25, -0.2) is 0 Å². The smallest absolute Gasteiger partial charge is 0.0475 e. The molecule has 1 heterocycles. The number of piperazine rings is 1. The molecule has 2 heteroatoms. The Kier molecular flexibility index (Phi) is 0.700. The summed E-state index contributed by atoms with van der Waals surface area (Å²) in [4.78, 5) is 0. The van der Waals surface area contributed by atoms with Crippen LogP contribution in [0.4, 0.5) is 0 Å². The third kappa shape index (κ3) is 1.46. The Hall–Kier alpha value is -0.0800. The zero-order valence-electron chi connectivity index (χ0n) is 10.1. The van der Waals surface area contributed by atoms with Crippen LogP contribution >= 0.6 is 0 Å². The molecule has 0 aromatic carbocycles. The molecule has 1 aliphatic rings. The predicted molar refractivity (Wildman–Crippen MR) is 34.9 cm³/mol. The molecule has 0 amide bonds. The van der Waals surface area contributed by atoms with Crippen molar-refractivity contribution < 1.29 is 6.85 Å². The van der Waals surface area contributed by atoms with Crippen LogP contribution in [0.15, 0.2) is 0 Å². The molecular formula is C6H14N2. The lowest BCUT2D eigenvalue weighted by Crippen LogP contribution is -2.52. The summed E-state index contributed by atoms with van der Waals surface area (Å²) in [6.45, 7) is -0.292. The van der Waals surface area contributed by atoms with Gasteiger partial charge in [0.2, 0.25) is 0 Å². The first-order valence-corrected chi connectivity index (χ1v) is 2.58. The van der Waals surface area contributed by atoms with Crippen LogP contribution in [-0.4, -0.2) is 25.1 Å². The van der Waals surface area contributed by atoms with E-state index in [1.807, 2.05) is 0 Å². The van der Waals surface area contributed by atoms with Crippen LogP contribution < -0.4 is 10.6 Å². The van der Waals surface area contributed by atoms with E-state index in [0.717, 1.165) is 0 Å². The van der Waals surface area contributed by atoms with E-state index in [1.54, 1.807) is 0 Å². The first-order valence-electron chi connectivity index (χ1n) is 5.15. The van der Waals surface area contributed by atoms with Gasteiger partial charge < -0.3 is 10.6 Å². The highest BCUT2D eigenvalue weighted by molar-refractivity contribution is 4.76. The lowest BCUT2D eigenvalue weighted by Gasteiger charge is -2.26. The quantitative estimate of drug-likeness (QED) is 0.467. The predicted octanol–water partition coefficient (Wildman–Crippen LogP) is -0.0438. The van der Waals surface area contributed by atoms with Gasteiger partial charge in [-0.05, 0) is 13.8 Å². The van der Waals surface area contributed by atoms with Crippen molar-refractivity contribution in [1.29, 1.82) is 0 Å². The van der Waals surface area contributed by atoms with Crippen molar-refractivity contribution in [2.24, 2.45) is 0 Å². The number of nitrogens with one attached hydrogen (secondary N) is 2. The topological polar surface area (TPSA) is 24.1 Å². The molecule has 8 heavy (non-hydrogen) atoms. The van der Waals surface area contributed by atoms with Gasteiger partial charge in [0.1, 0.15) is 0 Å². The molecule has 3 unspecified atom stereocenters. The fraction of sp³-hybridized carbons (Fsp3) is 1.00.